The molecular formula is C27H31BrN6O2S. The molecule has 8 nitrogen and oxygen atoms in total. The van der Waals surface area contributed by atoms with E-state index in [4.69, 9.17) is 4.98 Å². The smallest absolute Gasteiger partial charge is 0.243 e. The normalized spacial score (nSPS) is 16.2. The summed E-state index contributed by atoms with van der Waals surface area (Å²) in [7, 11) is -3.52. The van der Waals surface area contributed by atoms with Crippen molar-refractivity contribution in [1.82, 2.24) is 23.9 Å². The van der Waals surface area contributed by atoms with Crippen LogP contribution in [0.15, 0.2) is 70.4 Å². The molecule has 0 spiro atoms. The van der Waals surface area contributed by atoms with Gasteiger partial charge in [0.1, 0.15) is 5.82 Å². The second-order valence-electron chi connectivity index (χ2n) is 9.57. The second kappa shape index (κ2) is 10.9. The topological polar surface area (TPSA) is 92.5 Å². The number of hydrogen-bond donors (Lipinski definition) is 1. The zero-order valence-corrected chi connectivity index (χ0v) is 23.4. The number of nitrogens with one attached hydrogen (secondary N) is 1. The first-order valence-electron chi connectivity index (χ1n) is 12.6. The number of benzene rings is 1. The van der Waals surface area contributed by atoms with E-state index in [1.807, 2.05) is 36.5 Å². The molecule has 1 fully saturated rings. The number of sulfonamides is 1. The summed E-state index contributed by atoms with van der Waals surface area (Å²) in [5, 5.41) is 7.92. The van der Waals surface area contributed by atoms with E-state index in [0.29, 0.717) is 43.3 Å². The molecule has 37 heavy (non-hydrogen) atoms. The monoisotopic (exact) mass is 582 g/mol. The van der Waals surface area contributed by atoms with Crippen LogP contribution in [-0.2, 0) is 16.6 Å². The molecule has 4 aromatic rings. The Labute approximate surface area is 226 Å². The fourth-order valence-electron chi connectivity index (χ4n) is 4.73. The van der Waals surface area contributed by atoms with Crippen LogP contribution in [0.1, 0.15) is 61.8 Å². The summed E-state index contributed by atoms with van der Waals surface area (Å²) >= 11 is 3.56. The number of hydrogen-bond acceptors (Lipinski definition) is 6. The van der Waals surface area contributed by atoms with Crippen LogP contribution in [0.5, 0.6) is 0 Å². The second-order valence-corrected chi connectivity index (χ2v) is 12.4. The molecule has 1 aliphatic heterocycles. The number of fused-ring (bicyclic) bond motifs is 1. The van der Waals surface area contributed by atoms with Crippen LogP contribution in [-0.4, -0.2) is 45.4 Å². The summed E-state index contributed by atoms with van der Waals surface area (Å²) in [6.45, 7) is 5.83. The minimum Gasteiger partial charge on any atom is -0.366 e. The van der Waals surface area contributed by atoms with Crippen molar-refractivity contribution < 1.29 is 8.42 Å². The largest absolute Gasteiger partial charge is 0.366 e. The molecule has 1 unspecified atom stereocenters. The molecule has 0 amide bonds. The first-order valence-corrected chi connectivity index (χ1v) is 14.9. The standard InChI is InChI=1S/C27H31BrN6O2S/c1-3-19(2)21-6-8-23(9-7-21)37(35,36)33-13-10-22(11-14-33)25-15-26(30-17-20-5-4-12-29-16-20)34-27(32-25)24(28)18-31-34/h4-9,12,15-16,18-19,22,30H,3,10-11,13-14,17H2,1-2H3. The molecule has 1 atom stereocenters. The average Bonchev–Trinajstić information content (AvgIpc) is 3.32. The molecule has 0 aliphatic carbocycles. The van der Waals surface area contributed by atoms with Gasteiger partial charge < -0.3 is 5.32 Å². The Morgan fingerprint density at radius 1 is 1.14 bits per heavy atom. The summed E-state index contributed by atoms with van der Waals surface area (Å²) < 4.78 is 30.8. The van der Waals surface area contributed by atoms with Gasteiger partial charge in [-0.3, -0.25) is 4.98 Å². The van der Waals surface area contributed by atoms with E-state index in [9.17, 15) is 8.42 Å². The maximum absolute atomic E-state index is 13.3. The number of aromatic nitrogens is 4. The van der Waals surface area contributed by atoms with Crippen LogP contribution >= 0.6 is 15.9 Å². The van der Waals surface area contributed by atoms with E-state index in [1.54, 1.807) is 33.3 Å². The lowest BCUT2D eigenvalue weighted by Crippen LogP contribution is -2.38. The van der Waals surface area contributed by atoms with E-state index in [-0.39, 0.29) is 5.92 Å². The van der Waals surface area contributed by atoms with Crippen molar-refractivity contribution in [2.24, 2.45) is 0 Å². The van der Waals surface area contributed by atoms with Gasteiger partial charge in [-0.15, -0.1) is 0 Å². The van der Waals surface area contributed by atoms with Gasteiger partial charge in [0.05, 0.1) is 15.6 Å². The van der Waals surface area contributed by atoms with E-state index < -0.39 is 10.0 Å². The van der Waals surface area contributed by atoms with Crippen LogP contribution in [0.4, 0.5) is 5.82 Å². The number of nitrogens with zero attached hydrogens (tertiary/aromatic N) is 5. The lowest BCUT2D eigenvalue weighted by atomic mass is 9.94. The van der Waals surface area contributed by atoms with Gasteiger partial charge >= 0.3 is 0 Å². The first-order chi connectivity index (χ1) is 17.9. The molecule has 1 aliphatic rings. The van der Waals surface area contributed by atoms with Crippen molar-refractivity contribution in [3.05, 3.63) is 82.3 Å². The number of piperidine rings is 1. The molecule has 1 aromatic carbocycles. The van der Waals surface area contributed by atoms with E-state index in [1.165, 1.54) is 5.56 Å². The summed E-state index contributed by atoms with van der Waals surface area (Å²) in [5.41, 5.74) is 3.91. The minimum absolute atomic E-state index is 0.157. The Hall–Kier alpha value is -2.82. The molecule has 0 radical (unpaired) electrons. The van der Waals surface area contributed by atoms with Crippen LogP contribution in [0.2, 0.25) is 0 Å². The van der Waals surface area contributed by atoms with Crippen molar-refractivity contribution in [2.45, 2.75) is 56.4 Å². The third-order valence-electron chi connectivity index (χ3n) is 7.22. The van der Waals surface area contributed by atoms with Crippen LogP contribution in [0.25, 0.3) is 5.65 Å². The van der Waals surface area contributed by atoms with Gasteiger partial charge in [0.25, 0.3) is 0 Å². The lowest BCUT2D eigenvalue weighted by Gasteiger charge is -2.31. The zero-order valence-electron chi connectivity index (χ0n) is 21.0. The van der Waals surface area contributed by atoms with Crippen molar-refractivity contribution in [3.8, 4) is 0 Å². The predicted molar refractivity (Wildman–Crippen MR) is 148 cm³/mol. The summed E-state index contributed by atoms with van der Waals surface area (Å²) in [6, 6.07) is 13.3. The molecule has 3 aromatic heterocycles. The van der Waals surface area contributed by atoms with E-state index in [2.05, 4.69) is 45.2 Å². The van der Waals surface area contributed by atoms with Crippen LogP contribution in [0, 0.1) is 0 Å². The SMILES string of the molecule is CCC(C)c1ccc(S(=O)(=O)N2CCC(c3cc(NCc4cccnc4)n4ncc(Br)c4n3)CC2)cc1. The van der Waals surface area contributed by atoms with E-state index in [0.717, 1.165) is 33.6 Å². The molecule has 4 heterocycles. The molecule has 1 N–H and O–H groups in total. The van der Waals surface area contributed by atoms with Gasteiger partial charge in [0, 0.05) is 49.7 Å². The summed E-state index contributed by atoms with van der Waals surface area (Å²) in [5.74, 6) is 1.41. The lowest BCUT2D eigenvalue weighted by molar-refractivity contribution is 0.317. The Kier molecular flexibility index (Phi) is 7.60. The molecule has 10 heteroatoms. The highest BCUT2D eigenvalue weighted by atomic mass is 79.9. The Balaban J connectivity index is 1.32. The summed E-state index contributed by atoms with van der Waals surface area (Å²) in [6.07, 6.45) is 7.77. The molecule has 0 saturated carbocycles. The first kappa shape index (κ1) is 25.8. The maximum Gasteiger partial charge on any atom is 0.243 e. The van der Waals surface area contributed by atoms with Gasteiger partial charge in [-0.05, 0) is 70.4 Å². The third-order valence-corrected chi connectivity index (χ3v) is 9.69. The Morgan fingerprint density at radius 3 is 2.57 bits per heavy atom. The highest BCUT2D eigenvalue weighted by Crippen LogP contribution is 2.33. The van der Waals surface area contributed by atoms with Crippen molar-refractivity contribution >= 4 is 37.4 Å². The Morgan fingerprint density at radius 2 is 1.89 bits per heavy atom. The molecule has 1 saturated heterocycles. The van der Waals surface area contributed by atoms with Crippen molar-refractivity contribution in [2.75, 3.05) is 18.4 Å². The number of rotatable bonds is 8. The molecule has 0 bridgehead atoms. The Bertz CT molecular complexity index is 1470. The van der Waals surface area contributed by atoms with Gasteiger partial charge in [0.15, 0.2) is 5.65 Å². The highest BCUT2D eigenvalue weighted by molar-refractivity contribution is 9.10. The number of pyridine rings is 1. The highest BCUT2D eigenvalue weighted by Gasteiger charge is 2.31. The van der Waals surface area contributed by atoms with Gasteiger partial charge in [-0.1, -0.05) is 32.0 Å². The maximum atomic E-state index is 13.3. The van der Waals surface area contributed by atoms with E-state index >= 15 is 0 Å². The third kappa shape index (κ3) is 5.42. The molecule has 5 rings (SSSR count). The fourth-order valence-corrected chi connectivity index (χ4v) is 6.55. The zero-order chi connectivity index (χ0) is 26.0. The average molecular weight is 584 g/mol. The van der Waals surface area contributed by atoms with Gasteiger partial charge in [-0.25, -0.2) is 13.4 Å². The minimum atomic E-state index is -3.52. The van der Waals surface area contributed by atoms with Crippen LogP contribution in [0.3, 0.4) is 0 Å². The van der Waals surface area contributed by atoms with Crippen molar-refractivity contribution in [3.63, 3.8) is 0 Å². The van der Waals surface area contributed by atoms with Crippen LogP contribution < -0.4 is 5.32 Å². The van der Waals surface area contributed by atoms with Crippen molar-refractivity contribution in [1.29, 1.82) is 0 Å². The number of anilines is 1. The fraction of sp³-hybridized carbons (Fsp3) is 0.370. The molecule has 194 valence electrons. The number of halogens is 1. The quantitative estimate of drug-likeness (QED) is 0.291. The van der Waals surface area contributed by atoms with Gasteiger partial charge in [-0.2, -0.15) is 13.9 Å². The molecular weight excluding hydrogens is 552 g/mol. The summed E-state index contributed by atoms with van der Waals surface area (Å²) in [4.78, 5) is 9.43. The van der Waals surface area contributed by atoms with Gasteiger partial charge in [0.2, 0.25) is 10.0 Å². The predicted octanol–water partition coefficient (Wildman–Crippen LogP) is 5.58.